The molecule has 0 radical (unpaired) electrons. The number of amides is 2. The Kier molecular flexibility index (Phi) is 7.60. The predicted octanol–water partition coefficient (Wildman–Crippen LogP) is 5.19. The Balaban J connectivity index is 1.67. The summed E-state index contributed by atoms with van der Waals surface area (Å²) in [6.45, 7) is 0.399. The summed E-state index contributed by atoms with van der Waals surface area (Å²) < 4.78 is 5.30. The summed E-state index contributed by atoms with van der Waals surface area (Å²) in [6, 6.07) is 14.8. The molecule has 3 aromatic rings. The van der Waals surface area contributed by atoms with Crippen molar-refractivity contribution >= 4 is 34.5 Å². The predicted molar refractivity (Wildman–Crippen MR) is 129 cm³/mol. The van der Waals surface area contributed by atoms with Gasteiger partial charge in [-0.05, 0) is 53.4 Å². The van der Waals surface area contributed by atoms with E-state index in [0.717, 1.165) is 46.8 Å². The number of hydrogen-bond acceptors (Lipinski definition) is 5. The van der Waals surface area contributed by atoms with Crippen molar-refractivity contribution in [2.24, 2.45) is 0 Å². The normalized spacial score (nSPS) is 14.8. The van der Waals surface area contributed by atoms with Crippen molar-refractivity contribution in [3.05, 3.63) is 74.6 Å². The fourth-order valence-corrected chi connectivity index (χ4v) is 5.57. The third kappa shape index (κ3) is 5.58. The zero-order chi connectivity index (χ0) is 22.3. The molecule has 2 heterocycles. The highest BCUT2D eigenvalue weighted by Gasteiger charge is 2.33. The molecule has 1 saturated carbocycles. The van der Waals surface area contributed by atoms with E-state index in [0.29, 0.717) is 6.54 Å². The van der Waals surface area contributed by atoms with Crippen molar-refractivity contribution in [2.75, 3.05) is 7.11 Å². The second-order valence-electron chi connectivity index (χ2n) is 8.02. The second kappa shape index (κ2) is 10.8. The van der Waals surface area contributed by atoms with Gasteiger partial charge in [-0.15, -0.1) is 22.7 Å². The topological polar surface area (TPSA) is 58.6 Å². The molecule has 1 aromatic carbocycles. The summed E-state index contributed by atoms with van der Waals surface area (Å²) >= 11 is 3.16. The van der Waals surface area contributed by atoms with Gasteiger partial charge in [-0.2, -0.15) is 0 Å². The Morgan fingerprint density at radius 2 is 1.69 bits per heavy atom. The van der Waals surface area contributed by atoms with Crippen molar-refractivity contribution in [2.45, 2.75) is 50.7 Å². The number of carbonyl (C=O) groups is 2. The number of benzene rings is 1. The van der Waals surface area contributed by atoms with Gasteiger partial charge in [-0.3, -0.25) is 9.59 Å². The number of nitrogens with one attached hydrogen (secondary N) is 1. The van der Waals surface area contributed by atoms with Gasteiger partial charge in [0, 0.05) is 15.8 Å². The lowest BCUT2D eigenvalue weighted by Crippen LogP contribution is -2.46. The molecule has 7 heteroatoms. The van der Waals surface area contributed by atoms with Crippen LogP contribution in [-0.4, -0.2) is 29.9 Å². The maximum absolute atomic E-state index is 13.6. The zero-order valence-corrected chi connectivity index (χ0v) is 19.8. The van der Waals surface area contributed by atoms with Gasteiger partial charge in [0.15, 0.2) is 0 Å². The van der Waals surface area contributed by atoms with E-state index in [4.69, 9.17) is 4.74 Å². The summed E-state index contributed by atoms with van der Waals surface area (Å²) in [5.41, 5.74) is 0.789. The van der Waals surface area contributed by atoms with Gasteiger partial charge in [0.2, 0.25) is 11.8 Å². The fraction of sp³-hybridized carbons (Fsp3) is 0.360. The molecular formula is C25H28N2O3S2. The van der Waals surface area contributed by atoms with Crippen LogP contribution in [0.15, 0.2) is 59.3 Å². The summed E-state index contributed by atoms with van der Waals surface area (Å²) in [6.07, 6.45) is 4.54. The lowest BCUT2D eigenvalue weighted by Gasteiger charge is -2.32. The molecule has 1 unspecified atom stereocenters. The van der Waals surface area contributed by atoms with Crippen LogP contribution < -0.4 is 10.1 Å². The molecular weight excluding hydrogens is 440 g/mol. The molecule has 0 bridgehead atoms. The lowest BCUT2D eigenvalue weighted by atomic mass is 10.0. The van der Waals surface area contributed by atoms with Crippen molar-refractivity contribution < 1.29 is 14.3 Å². The lowest BCUT2D eigenvalue weighted by molar-refractivity contribution is -0.141. The fourth-order valence-electron chi connectivity index (χ4n) is 4.17. The van der Waals surface area contributed by atoms with E-state index >= 15 is 0 Å². The highest BCUT2D eigenvalue weighted by molar-refractivity contribution is 7.10. The smallest absolute Gasteiger partial charge is 0.247 e. The first-order valence-electron chi connectivity index (χ1n) is 10.9. The molecule has 0 saturated heterocycles. The first kappa shape index (κ1) is 22.6. The molecule has 4 rings (SSSR count). The van der Waals surface area contributed by atoms with Crippen molar-refractivity contribution in [1.82, 2.24) is 10.2 Å². The Labute approximate surface area is 197 Å². The first-order chi connectivity index (χ1) is 15.6. The van der Waals surface area contributed by atoms with E-state index in [1.54, 1.807) is 34.7 Å². The number of hydrogen-bond donors (Lipinski definition) is 1. The Bertz CT molecular complexity index is 995. The molecule has 1 aliphatic rings. The van der Waals surface area contributed by atoms with E-state index in [1.165, 1.54) is 0 Å². The van der Waals surface area contributed by atoms with Crippen LogP contribution in [0.1, 0.15) is 47.0 Å². The molecule has 1 atom stereocenters. The number of carbonyl (C=O) groups excluding carboxylic acids is 2. The van der Waals surface area contributed by atoms with Crippen LogP contribution in [-0.2, 0) is 22.6 Å². The van der Waals surface area contributed by atoms with Crippen LogP contribution >= 0.6 is 22.7 Å². The Morgan fingerprint density at radius 1 is 1.03 bits per heavy atom. The number of rotatable bonds is 9. The third-order valence-electron chi connectivity index (χ3n) is 5.83. The van der Waals surface area contributed by atoms with Crippen LogP contribution in [0.2, 0.25) is 0 Å². The molecule has 1 N–H and O–H groups in total. The molecule has 1 fully saturated rings. The summed E-state index contributed by atoms with van der Waals surface area (Å²) in [5.74, 6) is 0.555. The first-order valence-corrected chi connectivity index (χ1v) is 12.7. The standard InChI is InChI=1S/C25H28N2O3S2/c1-30-20-12-10-18(11-13-20)24(25(29)26-19-6-2-3-7-19)27(17-22-9-5-15-32-22)23(28)16-21-8-4-14-31-21/h4-5,8-15,19,24H,2-3,6-7,16-17H2,1H3,(H,26,29). The summed E-state index contributed by atoms with van der Waals surface area (Å²) in [7, 11) is 1.62. The maximum Gasteiger partial charge on any atom is 0.247 e. The molecule has 0 spiro atoms. The SMILES string of the molecule is COc1ccc(C(C(=O)NC2CCCC2)N(Cc2cccs2)C(=O)Cc2cccs2)cc1. The maximum atomic E-state index is 13.6. The Hall–Kier alpha value is -2.64. The van der Waals surface area contributed by atoms with E-state index < -0.39 is 6.04 Å². The van der Waals surface area contributed by atoms with Crippen LogP contribution in [0.5, 0.6) is 5.75 Å². The largest absolute Gasteiger partial charge is 0.497 e. The average molecular weight is 469 g/mol. The molecule has 2 amide bonds. The summed E-state index contributed by atoms with van der Waals surface area (Å²) in [5, 5.41) is 7.19. The van der Waals surface area contributed by atoms with Gasteiger partial charge in [0.1, 0.15) is 11.8 Å². The van der Waals surface area contributed by atoms with E-state index in [-0.39, 0.29) is 24.3 Å². The van der Waals surface area contributed by atoms with Crippen LogP contribution in [0.25, 0.3) is 0 Å². The number of methoxy groups -OCH3 is 1. The average Bonchev–Trinajstić information content (AvgIpc) is 3.58. The summed E-state index contributed by atoms with van der Waals surface area (Å²) in [4.78, 5) is 30.9. The van der Waals surface area contributed by atoms with Crippen molar-refractivity contribution in [1.29, 1.82) is 0 Å². The minimum absolute atomic E-state index is 0.0526. The monoisotopic (exact) mass is 468 g/mol. The molecule has 2 aromatic heterocycles. The molecule has 0 aliphatic heterocycles. The van der Waals surface area contributed by atoms with Crippen molar-refractivity contribution in [3.8, 4) is 5.75 Å². The number of ether oxygens (including phenoxy) is 1. The molecule has 168 valence electrons. The molecule has 32 heavy (non-hydrogen) atoms. The minimum atomic E-state index is -0.698. The highest BCUT2D eigenvalue weighted by atomic mass is 32.1. The highest BCUT2D eigenvalue weighted by Crippen LogP contribution is 2.29. The number of nitrogens with zero attached hydrogens (tertiary/aromatic N) is 1. The third-order valence-corrected chi connectivity index (χ3v) is 7.56. The van der Waals surface area contributed by atoms with Gasteiger partial charge in [0.25, 0.3) is 0 Å². The van der Waals surface area contributed by atoms with Gasteiger partial charge in [-0.1, -0.05) is 37.1 Å². The van der Waals surface area contributed by atoms with Gasteiger partial charge < -0.3 is 15.0 Å². The van der Waals surface area contributed by atoms with Gasteiger partial charge in [0.05, 0.1) is 20.1 Å². The number of thiophene rings is 2. The zero-order valence-electron chi connectivity index (χ0n) is 18.2. The van der Waals surface area contributed by atoms with E-state index in [9.17, 15) is 9.59 Å². The van der Waals surface area contributed by atoms with E-state index in [2.05, 4.69) is 5.32 Å². The molecule has 5 nitrogen and oxygen atoms in total. The van der Waals surface area contributed by atoms with Crippen LogP contribution in [0.3, 0.4) is 0 Å². The van der Waals surface area contributed by atoms with Gasteiger partial charge in [-0.25, -0.2) is 0 Å². The Morgan fingerprint density at radius 3 is 2.28 bits per heavy atom. The van der Waals surface area contributed by atoms with Crippen LogP contribution in [0, 0.1) is 0 Å². The second-order valence-corrected chi connectivity index (χ2v) is 10.1. The van der Waals surface area contributed by atoms with Crippen molar-refractivity contribution in [3.63, 3.8) is 0 Å². The van der Waals surface area contributed by atoms with Crippen LogP contribution in [0.4, 0.5) is 0 Å². The quantitative estimate of drug-likeness (QED) is 0.470. The van der Waals surface area contributed by atoms with Gasteiger partial charge >= 0.3 is 0 Å². The minimum Gasteiger partial charge on any atom is -0.497 e. The van der Waals surface area contributed by atoms with E-state index in [1.807, 2.05) is 59.3 Å². The molecule has 1 aliphatic carbocycles.